The number of piperazine rings is 1. The third-order valence-electron chi connectivity index (χ3n) is 4.58. The maximum absolute atomic E-state index is 12.5. The monoisotopic (exact) mass is 358 g/mol. The van der Waals surface area contributed by atoms with Gasteiger partial charge in [0.2, 0.25) is 0 Å². The zero-order chi connectivity index (χ0) is 16.4. The van der Waals surface area contributed by atoms with E-state index in [0.717, 1.165) is 17.8 Å². The molecule has 1 aromatic rings. The van der Waals surface area contributed by atoms with E-state index in [4.69, 9.17) is 5.14 Å². The van der Waals surface area contributed by atoms with Crippen molar-refractivity contribution in [3.05, 3.63) is 16.1 Å². The quantitative estimate of drug-likeness (QED) is 0.876. The first-order valence-corrected chi connectivity index (χ1v) is 10.4. The first kappa shape index (κ1) is 16.8. The maximum Gasteiger partial charge on any atom is 0.277 e. The van der Waals surface area contributed by atoms with Crippen molar-refractivity contribution in [2.24, 2.45) is 5.14 Å². The molecular formula is C14H22N4O3S2. The zero-order valence-electron chi connectivity index (χ0n) is 13.0. The lowest BCUT2D eigenvalue weighted by Gasteiger charge is -2.32. The van der Waals surface area contributed by atoms with Gasteiger partial charge in [0, 0.05) is 37.5 Å². The van der Waals surface area contributed by atoms with Crippen molar-refractivity contribution in [2.75, 3.05) is 26.2 Å². The number of carbonyl (C=O) groups excluding carboxylic acids is 1. The SMILES string of the molecule is NS(=O)(=O)N1CCN(C(=O)c2csc(C3CCCCC3)n2)CC1. The molecule has 0 bridgehead atoms. The summed E-state index contributed by atoms with van der Waals surface area (Å²) < 4.78 is 23.8. The molecule has 2 fully saturated rings. The molecule has 23 heavy (non-hydrogen) atoms. The normalized spacial score (nSPS) is 21.5. The van der Waals surface area contributed by atoms with Crippen molar-refractivity contribution in [1.29, 1.82) is 0 Å². The Morgan fingerprint density at radius 3 is 2.43 bits per heavy atom. The van der Waals surface area contributed by atoms with Crippen LogP contribution in [0.1, 0.15) is 53.5 Å². The third-order valence-corrected chi connectivity index (χ3v) is 6.67. The fourth-order valence-corrected chi connectivity index (χ4v) is 4.87. The number of carbonyl (C=O) groups is 1. The summed E-state index contributed by atoms with van der Waals surface area (Å²) >= 11 is 1.57. The minimum absolute atomic E-state index is 0.114. The highest BCUT2D eigenvalue weighted by Crippen LogP contribution is 2.34. The number of hydrogen-bond acceptors (Lipinski definition) is 5. The second kappa shape index (κ2) is 6.84. The van der Waals surface area contributed by atoms with Gasteiger partial charge >= 0.3 is 0 Å². The molecular weight excluding hydrogens is 336 g/mol. The summed E-state index contributed by atoms with van der Waals surface area (Å²) in [6, 6.07) is 0. The smallest absolute Gasteiger partial charge is 0.277 e. The highest BCUT2D eigenvalue weighted by Gasteiger charge is 2.28. The van der Waals surface area contributed by atoms with E-state index in [2.05, 4.69) is 4.98 Å². The van der Waals surface area contributed by atoms with Gasteiger partial charge in [-0.3, -0.25) is 4.79 Å². The minimum atomic E-state index is -3.67. The van der Waals surface area contributed by atoms with Crippen molar-refractivity contribution in [3.8, 4) is 0 Å². The largest absolute Gasteiger partial charge is 0.335 e. The number of thiazole rings is 1. The van der Waals surface area contributed by atoms with Crippen LogP contribution in [0.2, 0.25) is 0 Å². The third kappa shape index (κ3) is 3.90. The first-order valence-electron chi connectivity index (χ1n) is 7.98. The highest BCUT2D eigenvalue weighted by molar-refractivity contribution is 7.86. The van der Waals surface area contributed by atoms with Crippen LogP contribution in [0.5, 0.6) is 0 Å². The van der Waals surface area contributed by atoms with Crippen LogP contribution in [-0.4, -0.2) is 54.7 Å². The number of nitrogens with zero attached hydrogens (tertiary/aromatic N) is 3. The van der Waals surface area contributed by atoms with E-state index in [1.165, 1.54) is 23.6 Å². The molecule has 128 valence electrons. The maximum atomic E-state index is 12.5. The molecule has 0 atom stereocenters. The molecule has 1 aromatic heterocycles. The van der Waals surface area contributed by atoms with Gasteiger partial charge in [-0.2, -0.15) is 12.7 Å². The number of aromatic nitrogens is 1. The molecule has 7 nitrogen and oxygen atoms in total. The molecule has 0 radical (unpaired) electrons. The Bertz CT molecular complexity index is 659. The van der Waals surface area contributed by atoms with Gasteiger partial charge in [-0.05, 0) is 12.8 Å². The minimum Gasteiger partial charge on any atom is -0.335 e. The molecule has 1 saturated carbocycles. The molecule has 2 N–H and O–H groups in total. The number of hydrogen-bond donors (Lipinski definition) is 1. The molecule has 2 heterocycles. The van der Waals surface area contributed by atoms with Crippen LogP contribution in [0.3, 0.4) is 0 Å². The number of nitrogens with two attached hydrogens (primary N) is 1. The Labute approximate surface area is 140 Å². The van der Waals surface area contributed by atoms with Crippen molar-refractivity contribution < 1.29 is 13.2 Å². The number of rotatable bonds is 3. The Kier molecular flexibility index (Phi) is 5.00. The lowest BCUT2D eigenvalue weighted by Crippen LogP contribution is -2.52. The average Bonchev–Trinajstić information content (AvgIpc) is 3.04. The van der Waals surface area contributed by atoms with Crippen LogP contribution in [0.15, 0.2) is 5.38 Å². The van der Waals surface area contributed by atoms with Gasteiger partial charge in [0.25, 0.3) is 16.1 Å². The van der Waals surface area contributed by atoms with Gasteiger partial charge in [0.1, 0.15) is 5.69 Å². The van der Waals surface area contributed by atoms with Gasteiger partial charge in [0.15, 0.2) is 0 Å². The lowest BCUT2D eigenvalue weighted by molar-refractivity contribution is 0.0692. The molecule has 1 aliphatic heterocycles. The van der Waals surface area contributed by atoms with Crippen molar-refractivity contribution in [3.63, 3.8) is 0 Å². The second-order valence-electron chi connectivity index (χ2n) is 6.14. The van der Waals surface area contributed by atoms with Crippen molar-refractivity contribution in [2.45, 2.75) is 38.0 Å². The van der Waals surface area contributed by atoms with E-state index >= 15 is 0 Å². The summed E-state index contributed by atoms with van der Waals surface area (Å²) in [6.45, 7) is 1.19. The van der Waals surface area contributed by atoms with Crippen LogP contribution in [0.25, 0.3) is 0 Å². The van der Waals surface area contributed by atoms with E-state index < -0.39 is 10.2 Å². The van der Waals surface area contributed by atoms with E-state index in [-0.39, 0.29) is 19.0 Å². The standard InChI is InChI=1S/C14H22N4O3S2/c15-23(20,21)18-8-6-17(7-9-18)14(19)12-10-22-13(16-12)11-4-2-1-3-5-11/h10-11H,1-9H2,(H2,15,20,21). The molecule has 0 spiro atoms. The Morgan fingerprint density at radius 2 is 1.83 bits per heavy atom. The molecule has 9 heteroatoms. The summed E-state index contributed by atoms with van der Waals surface area (Å²) in [5, 5.41) is 8.01. The van der Waals surface area contributed by atoms with Crippen LogP contribution in [-0.2, 0) is 10.2 Å². The van der Waals surface area contributed by atoms with Crippen LogP contribution >= 0.6 is 11.3 Å². The predicted molar refractivity (Wildman–Crippen MR) is 88.5 cm³/mol. The van der Waals surface area contributed by atoms with Crippen LogP contribution in [0, 0.1) is 0 Å². The topological polar surface area (TPSA) is 96.6 Å². The summed E-state index contributed by atoms with van der Waals surface area (Å²) in [5.74, 6) is 0.381. The molecule has 2 aliphatic rings. The van der Waals surface area contributed by atoms with Gasteiger partial charge in [-0.1, -0.05) is 19.3 Å². The highest BCUT2D eigenvalue weighted by atomic mass is 32.2. The predicted octanol–water partition coefficient (Wildman–Crippen LogP) is 1.15. The molecule has 1 aliphatic carbocycles. The Balaban J connectivity index is 1.62. The van der Waals surface area contributed by atoms with E-state index in [0.29, 0.717) is 24.7 Å². The van der Waals surface area contributed by atoms with E-state index in [9.17, 15) is 13.2 Å². The fourth-order valence-electron chi connectivity index (χ4n) is 3.23. The zero-order valence-corrected chi connectivity index (χ0v) is 14.6. The molecule has 0 unspecified atom stereocenters. The average molecular weight is 358 g/mol. The Hall–Kier alpha value is -1.03. The van der Waals surface area contributed by atoms with Crippen molar-refractivity contribution in [1.82, 2.24) is 14.2 Å². The molecule has 0 aromatic carbocycles. The summed E-state index contributed by atoms with van der Waals surface area (Å²) in [6.07, 6.45) is 6.09. The number of amides is 1. The first-order chi connectivity index (χ1) is 10.9. The summed E-state index contributed by atoms with van der Waals surface area (Å²) in [7, 11) is -3.67. The van der Waals surface area contributed by atoms with Crippen LogP contribution in [0.4, 0.5) is 0 Å². The molecule has 3 rings (SSSR count). The second-order valence-corrected chi connectivity index (χ2v) is 8.58. The van der Waals surface area contributed by atoms with Crippen LogP contribution < -0.4 is 5.14 Å². The van der Waals surface area contributed by atoms with E-state index in [1.54, 1.807) is 16.2 Å². The summed E-state index contributed by atoms with van der Waals surface area (Å²) in [5.41, 5.74) is 0.486. The van der Waals surface area contributed by atoms with Gasteiger partial charge < -0.3 is 4.90 Å². The van der Waals surface area contributed by atoms with Gasteiger partial charge in [0.05, 0.1) is 5.01 Å². The van der Waals surface area contributed by atoms with Crippen molar-refractivity contribution >= 4 is 27.5 Å². The summed E-state index contributed by atoms with van der Waals surface area (Å²) in [4.78, 5) is 18.7. The van der Waals surface area contributed by atoms with Gasteiger partial charge in [-0.15, -0.1) is 11.3 Å². The van der Waals surface area contributed by atoms with Gasteiger partial charge in [-0.25, -0.2) is 10.1 Å². The van der Waals surface area contributed by atoms with E-state index in [1.807, 2.05) is 5.38 Å². The molecule has 1 amide bonds. The fraction of sp³-hybridized carbons (Fsp3) is 0.714. The Morgan fingerprint density at radius 1 is 1.17 bits per heavy atom. The lowest BCUT2D eigenvalue weighted by atomic mass is 9.90. The molecule has 1 saturated heterocycles.